The normalized spacial score (nSPS) is 10.8. The fraction of sp³-hybridized carbons (Fsp3) is 0.161. The van der Waals surface area contributed by atoms with Crippen LogP contribution >= 0.6 is 11.3 Å². The van der Waals surface area contributed by atoms with Crippen LogP contribution in [0.1, 0.15) is 32.6 Å². The van der Waals surface area contributed by atoms with Gasteiger partial charge in [0.25, 0.3) is 5.91 Å². The van der Waals surface area contributed by atoms with Gasteiger partial charge in [-0.25, -0.2) is 0 Å². The molecule has 38 heavy (non-hydrogen) atoms. The first kappa shape index (κ1) is 26.7. The summed E-state index contributed by atoms with van der Waals surface area (Å²) in [6, 6.07) is 26.5. The number of thiophene rings is 1. The lowest BCUT2D eigenvalue weighted by atomic mass is 10.1. The van der Waals surface area contributed by atoms with Crippen molar-refractivity contribution in [2.45, 2.75) is 13.3 Å². The van der Waals surface area contributed by atoms with Crippen molar-refractivity contribution in [1.82, 2.24) is 0 Å². The minimum atomic E-state index is -0.325. The van der Waals surface area contributed by atoms with Crippen LogP contribution in [0.3, 0.4) is 0 Å². The number of nitrogens with one attached hydrogen (secondary N) is 1. The Morgan fingerprint density at radius 2 is 1.66 bits per heavy atom. The van der Waals surface area contributed by atoms with Crippen molar-refractivity contribution in [2.24, 2.45) is 0 Å². The smallest absolute Gasteiger partial charge is 0.262 e. The second kappa shape index (κ2) is 13.3. The minimum absolute atomic E-state index is 0.0550. The summed E-state index contributed by atoms with van der Waals surface area (Å²) < 4.78 is 16.7. The number of amides is 1. The number of hydrogen-bond acceptors (Lipinski definition) is 6. The molecule has 1 N–H and O–H groups in total. The number of anilines is 1. The molecule has 0 aliphatic carbocycles. The summed E-state index contributed by atoms with van der Waals surface area (Å²) in [4.78, 5) is 27.0. The van der Waals surface area contributed by atoms with Crippen molar-refractivity contribution in [2.75, 3.05) is 25.6 Å². The standard InChI is InChI=1S/C31H29NO5S/c1-3-36-29-20-23(13-16-26(33)30-18-15-24(38-30)19-22-9-5-4-6-10-22)14-17-28(29)37-21-31(34)32-25-11-7-8-12-27(25)35-2/h4-18,20H,3,19,21H2,1-2H3,(H,32,34)/b16-13+. The zero-order chi connectivity index (χ0) is 26.7. The molecule has 4 rings (SSSR count). The van der Waals surface area contributed by atoms with E-state index in [1.807, 2.05) is 55.5 Å². The molecular formula is C31H29NO5S. The lowest BCUT2D eigenvalue weighted by Crippen LogP contribution is -2.20. The van der Waals surface area contributed by atoms with Crippen molar-refractivity contribution in [3.8, 4) is 17.2 Å². The Bertz CT molecular complexity index is 1410. The number of ketones is 1. The monoisotopic (exact) mass is 527 g/mol. The van der Waals surface area contributed by atoms with Crippen molar-refractivity contribution in [3.05, 3.63) is 112 Å². The molecule has 0 fully saturated rings. The molecule has 0 radical (unpaired) electrons. The quantitative estimate of drug-likeness (QED) is 0.165. The van der Waals surface area contributed by atoms with Crippen molar-refractivity contribution >= 4 is 34.8 Å². The molecule has 0 saturated heterocycles. The maximum Gasteiger partial charge on any atom is 0.262 e. The van der Waals surface area contributed by atoms with E-state index >= 15 is 0 Å². The Kier molecular flexibility index (Phi) is 9.32. The van der Waals surface area contributed by atoms with Gasteiger partial charge in [-0.2, -0.15) is 0 Å². The van der Waals surface area contributed by atoms with Crippen LogP contribution in [0.25, 0.3) is 6.08 Å². The van der Waals surface area contributed by atoms with Crippen LogP contribution in [0.15, 0.2) is 91.0 Å². The van der Waals surface area contributed by atoms with Gasteiger partial charge in [-0.1, -0.05) is 54.6 Å². The van der Waals surface area contributed by atoms with E-state index < -0.39 is 0 Å². The van der Waals surface area contributed by atoms with Crippen LogP contribution in [-0.4, -0.2) is 32.0 Å². The molecule has 1 aromatic heterocycles. The highest BCUT2D eigenvalue weighted by Gasteiger charge is 2.12. The third kappa shape index (κ3) is 7.33. The highest BCUT2D eigenvalue weighted by atomic mass is 32.1. The van der Waals surface area contributed by atoms with E-state index in [-0.39, 0.29) is 18.3 Å². The Morgan fingerprint density at radius 1 is 0.868 bits per heavy atom. The third-order valence-electron chi connectivity index (χ3n) is 5.56. The SMILES string of the molecule is CCOc1cc(/C=C/C(=O)c2ccc(Cc3ccccc3)s2)ccc1OCC(=O)Nc1ccccc1OC. The molecule has 194 valence electrons. The Morgan fingerprint density at radius 3 is 2.45 bits per heavy atom. The van der Waals surface area contributed by atoms with Gasteiger partial charge < -0.3 is 19.5 Å². The van der Waals surface area contributed by atoms with Gasteiger partial charge in [-0.05, 0) is 60.5 Å². The van der Waals surface area contributed by atoms with Gasteiger partial charge in [0, 0.05) is 11.3 Å². The fourth-order valence-electron chi connectivity index (χ4n) is 3.75. The number of carbonyl (C=O) groups is 2. The molecule has 3 aromatic carbocycles. The summed E-state index contributed by atoms with van der Waals surface area (Å²) in [6.45, 7) is 2.10. The number of ether oxygens (including phenoxy) is 3. The molecule has 0 aliphatic rings. The fourth-order valence-corrected chi connectivity index (χ4v) is 4.71. The van der Waals surface area contributed by atoms with Gasteiger partial charge in [0.05, 0.1) is 24.3 Å². The molecular weight excluding hydrogens is 498 g/mol. The van der Waals surface area contributed by atoms with Crippen LogP contribution in [0.5, 0.6) is 17.2 Å². The molecule has 4 aromatic rings. The molecule has 0 bridgehead atoms. The second-order valence-corrected chi connectivity index (χ2v) is 9.47. The van der Waals surface area contributed by atoms with Gasteiger partial charge in [-0.3, -0.25) is 9.59 Å². The first-order chi connectivity index (χ1) is 18.6. The minimum Gasteiger partial charge on any atom is -0.495 e. The maximum atomic E-state index is 12.7. The number of methoxy groups -OCH3 is 1. The first-order valence-corrected chi connectivity index (χ1v) is 13.0. The van der Waals surface area contributed by atoms with Gasteiger partial charge in [0.15, 0.2) is 23.9 Å². The molecule has 0 unspecified atom stereocenters. The average Bonchev–Trinajstić information content (AvgIpc) is 3.41. The van der Waals surface area contributed by atoms with E-state index in [9.17, 15) is 9.59 Å². The zero-order valence-electron chi connectivity index (χ0n) is 21.3. The number of rotatable bonds is 12. The maximum absolute atomic E-state index is 12.7. The number of para-hydroxylation sites is 2. The van der Waals surface area contributed by atoms with Crippen LogP contribution in [0.2, 0.25) is 0 Å². The van der Waals surface area contributed by atoms with E-state index in [1.54, 1.807) is 43.5 Å². The van der Waals surface area contributed by atoms with Crippen LogP contribution in [0.4, 0.5) is 5.69 Å². The number of carbonyl (C=O) groups excluding carboxylic acids is 2. The summed E-state index contributed by atoms with van der Waals surface area (Å²) in [7, 11) is 1.54. The summed E-state index contributed by atoms with van der Waals surface area (Å²) in [5.41, 5.74) is 2.57. The van der Waals surface area contributed by atoms with Crippen LogP contribution in [0, 0.1) is 0 Å². The summed E-state index contributed by atoms with van der Waals surface area (Å²) in [5.74, 6) is 1.12. The second-order valence-electron chi connectivity index (χ2n) is 8.30. The zero-order valence-corrected chi connectivity index (χ0v) is 22.1. The van der Waals surface area contributed by atoms with E-state index in [2.05, 4.69) is 17.4 Å². The van der Waals surface area contributed by atoms with Gasteiger partial charge >= 0.3 is 0 Å². The molecule has 1 heterocycles. The number of hydrogen-bond donors (Lipinski definition) is 1. The van der Waals surface area contributed by atoms with E-state index in [0.717, 1.165) is 16.9 Å². The Balaban J connectivity index is 1.37. The Hall–Kier alpha value is -4.36. The van der Waals surface area contributed by atoms with Gasteiger partial charge in [-0.15, -0.1) is 11.3 Å². The number of allylic oxidation sites excluding steroid dienone is 1. The molecule has 0 aliphatic heterocycles. The predicted octanol–water partition coefficient (Wildman–Crippen LogP) is 6.66. The van der Waals surface area contributed by atoms with Gasteiger partial charge in [0.1, 0.15) is 5.75 Å². The third-order valence-corrected chi connectivity index (χ3v) is 6.66. The molecule has 1 amide bonds. The van der Waals surface area contributed by atoms with Gasteiger partial charge in [0.2, 0.25) is 0 Å². The topological polar surface area (TPSA) is 73.9 Å². The highest BCUT2D eigenvalue weighted by molar-refractivity contribution is 7.14. The van der Waals surface area contributed by atoms with Crippen molar-refractivity contribution < 1.29 is 23.8 Å². The van der Waals surface area contributed by atoms with E-state index in [4.69, 9.17) is 14.2 Å². The summed E-state index contributed by atoms with van der Waals surface area (Å²) >= 11 is 1.51. The number of benzene rings is 3. The predicted molar refractivity (Wildman–Crippen MR) is 152 cm³/mol. The molecule has 0 atom stereocenters. The molecule has 6 nitrogen and oxygen atoms in total. The van der Waals surface area contributed by atoms with Crippen molar-refractivity contribution in [1.29, 1.82) is 0 Å². The summed E-state index contributed by atoms with van der Waals surface area (Å²) in [6.07, 6.45) is 4.11. The average molecular weight is 528 g/mol. The Labute approximate surface area is 226 Å². The van der Waals surface area contributed by atoms with E-state index in [0.29, 0.717) is 34.4 Å². The molecule has 7 heteroatoms. The van der Waals surface area contributed by atoms with Crippen molar-refractivity contribution in [3.63, 3.8) is 0 Å². The van der Waals surface area contributed by atoms with Crippen LogP contribution in [-0.2, 0) is 11.2 Å². The molecule has 0 spiro atoms. The van der Waals surface area contributed by atoms with Crippen LogP contribution < -0.4 is 19.5 Å². The molecule has 0 saturated carbocycles. The van der Waals surface area contributed by atoms with E-state index in [1.165, 1.54) is 16.9 Å². The highest BCUT2D eigenvalue weighted by Crippen LogP contribution is 2.30. The first-order valence-electron chi connectivity index (χ1n) is 12.2. The lowest BCUT2D eigenvalue weighted by molar-refractivity contribution is -0.118. The largest absolute Gasteiger partial charge is 0.495 e. The summed E-state index contributed by atoms with van der Waals surface area (Å²) in [5, 5.41) is 2.78. The lowest BCUT2D eigenvalue weighted by Gasteiger charge is -2.13.